The number of hydrogen-bond donors (Lipinski definition) is 2. The summed E-state index contributed by atoms with van der Waals surface area (Å²) in [7, 11) is 5.33. The predicted octanol–water partition coefficient (Wildman–Crippen LogP) is 5.77. The van der Waals surface area contributed by atoms with Crippen LogP contribution in [0.5, 0.6) is 11.5 Å². The van der Waals surface area contributed by atoms with Gasteiger partial charge in [0, 0.05) is 11.1 Å². The highest BCUT2D eigenvalue weighted by atomic mass is 19.1. The largest absolute Gasteiger partial charge is 0.497 e. The van der Waals surface area contributed by atoms with E-state index in [0.717, 1.165) is 6.07 Å². The molecule has 0 amide bonds. The number of hydrogen-bond acceptors (Lipinski definition) is 8. The van der Waals surface area contributed by atoms with Crippen LogP contribution in [-0.2, 0) is 16.1 Å². The van der Waals surface area contributed by atoms with Crippen LogP contribution in [0.3, 0.4) is 0 Å². The second-order valence-corrected chi connectivity index (χ2v) is 8.78. The van der Waals surface area contributed by atoms with Gasteiger partial charge in [0.2, 0.25) is 0 Å². The molecule has 0 bridgehead atoms. The van der Waals surface area contributed by atoms with Gasteiger partial charge < -0.3 is 29.2 Å². The Labute approximate surface area is 245 Å². The summed E-state index contributed by atoms with van der Waals surface area (Å²) in [6.45, 7) is -0.217. The Morgan fingerprint density at radius 1 is 0.628 bits per heavy atom. The van der Waals surface area contributed by atoms with Gasteiger partial charge in [-0.2, -0.15) is 0 Å². The summed E-state index contributed by atoms with van der Waals surface area (Å²) in [5.74, 6) is -2.68. The van der Waals surface area contributed by atoms with E-state index < -0.39 is 29.5 Å². The molecule has 0 saturated carbocycles. The number of carbonyl (C=O) groups excluding carboxylic acids is 2. The summed E-state index contributed by atoms with van der Waals surface area (Å²) < 4.78 is 47.6. The molecule has 9 nitrogen and oxygen atoms in total. The zero-order valence-electron chi connectivity index (χ0n) is 23.6. The standard InChI is InChI=1S/C16H13FO5.C16H15FO4/c1-21-10-4-6-14(17)12(8-10)11-5-3-9(15(18)19)7-13(11)16(20)22-2;1-20-11-4-6-15(17)13(8-11)12-5-3-10(9-18)7-14(12)16(19)21-2/h3-8H,1-2H3,(H,18,19);3-8,18H,9H2,1-2H3. The zero-order chi connectivity index (χ0) is 31.7. The number of esters is 2. The summed E-state index contributed by atoms with van der Waals surface area (Å²) in [5, 5.41) is 18.2. The molecule has 0 spiro atoms. The summed E-state index contributed by atoms with van der Waals surface area (Å²) in [6, 6.07) is 16.9. The molecule has 0 saturated heterocycles. The molecule has 4 aromatic carbocycles. The van der Waals surface area contributed by atoms with Crippen molar-refractivity contribution in [3.8, 4) is 33.8 Å². The fourth-order valence-corrected chi connectivity index (χ4v) is 4.07. The first-order valence-electron chi connectivity index (χ1n) is 12.5. The van der Waals surface area contributed by atoms with Crippen LogP contribution in [0.15, 0.2) is 72.8 Å². The molecule has 4 rings (SSSR count). The van der Waals surface area contributed by atoms with Gasteiger partial charge in [-0.05, 0) is 71.3 Å². The van der Waals surface area contributed by atoms with E-state index in [2.05, 4.69) is 4.74 Å². The molecule has 0 heterocycles. The third-order valence-electron chi connectivity index (χ3n) is 6.27. The van der Waals surface area contributed by atoms with Crippen LogP contribution in [-0.4, -0.2) is 56.6 Å². The number of aromatic carboxylic acids is 1. The van der Waals surface area contributed by atoms with Gasteiger partial charge in [0.15, 0.2) is 0 Å². The Hall–Kier alpha value is -5.29. The highest BCUT2D eigenvalue weighted by Gasteiger charge is 2.20. The number of benzene rings is 4. The first-order valence-corrected chi connectivity index (χ1v) is 12.5. The quantitative estimate of drug-likeness (QED) is 0.245. The third kappa shape index (κ3) is 7.52. The Morgan fingerprint density at radius 2 is 1.09 bits per heavy atom. The van der Waals surface area contributed by atoms with Gasteiger partial charge in [0.25, 0.3) is 0 Å². The zero-order valence-corrected chi connectivity index (χ0v) is 23.6. The average Bonchev–Trinajstić information content (AvgIpc) is 3.04. The van der Waals surface area contributed by atoms with Gasteiger partial charge >= 0.3 is 17.9 Å². The molecular formula is C32H28F2O9. The number of rotatable bonds is 8. The lowest BCUT2D eigenvalue weighted by atomic mass is 9.96. The van der Waals surface area contributed by atoms with Crippen molar-refractivity contribution < 1.29 is 52.3 Å². The van der Waals surface area contributed by atoms with Crippen molar-refractivity contribution in [2.45, 2.75) is 6.61 Å². The molecule has 224 valence electrons. The number of ether oxygens (including phenoxy) is 4. The van der Waals surface area contributed by atoms with E-state index in [1.807, 2.05) is 0 Å². The SMILES string of the molecule is COC(=O)c1cc(C(=O)O)ccc1-c1cc(OC)ccc1F.COC(=O)c1cc(CO)ccc1-c1cc(OC)ccc1F. The third-order valence-corrected chi connectivity index (χ3v) is 6.27. The van der Waals surface area contributed by atoms with Crippen molar-refractivity contribution in [3.63, 3.8) is 0 Å². The van der Waals surface area contributed by atoms with Gasteiger partial charge in [0.1, 0.15) is 23.1 Å². The lowest BCUT2D eigenvalue weighted by Gasteiger charge is -2.12. The van der Waals surface area contributed by atoms with Crippen molar-refractivity contribution >= 4 is 17.9 Å². The maximum Gasteiger partial charge on any atom is 0.338 e. The fraction of sp³-hybridized carbons (Fsp3) is 0.156. The van der Waals surface area contributed by atoms with Crippen LogP contribution in [0.25, 0.3) is 22.3 Å². The predicted molar refractivity (Wildman–Crippen MR) is 152 cm³/mol. The van der Waals surface area contributed by atoms with Crippen molar-refractivity contribution in [1.82, 2.24) is 0 Å². The smallest absolute Gasteiger partial charge is 0.338 e. The van der Waals surface area contributed by atoms with Gasteiger partial charge in [-0.25, -0.2) is 23.2 Å². The summed E-state index contributed by atoms with van der Waals surface area (Å²) in [6.07, 6.45) is 0. The van der Waals surface area contributed by atoms with Crippen molar-refractivity contribution in [2.24, 2.45) is 0 Å². The minimum absolute atomic E-state index is 0.0328. The number of carboxylic acid groups (broad SMARTS) is 1. The number of aliphatic hydroxyl groups is 1. The normalized spacial score (nSPS) is 10.2. The summed E-state index contributed by atoms with van der Waals surface area (Å²) in [5.41, 5.74) is 1.58. The molecule has 0 fully saturated rings. The lowest BCUT2D eigenvalue weighted by Crippen LogP contribution is -2.07. The van der Waals surface area contributed by atoms with E-state index in [9.17, 15) is 23.2 Å². The maximum absolute atomic E-state index is 14.1. The first kappa shape index (κ1) is 32.2. The summed E-state index contributed by atoms with van der Waals surface area (Å²) >= 11 is 0. The molecule has 11 heteroatoms. The molecule has 2 N–H and O–H groups in total. The molecule has 0 aliphatic rings. The molecule has 4 aromatic rings. The van der Waals surface area contributed by atoms with E-state index in [1.54, 1.807) is 12.1 Å². The Kier molecular flexibility index (Phi) is 10.9. The molecule has 0 atom stereocenters. The van der Waals surface area contributed by atoms with Crippen LogP contribution in [0.4, 0.5) is 8.78 Å². The molecule has 0 aliphatic carbocycles. The molecule has 0 unspecified atom stereocenters. The number of aliphatic hydroxyl groups excluding tert-OH is 1. The van der Waals surface area contributed by atoms with Crippen molar-refractivity contribution in [3.05, 3.63) is 107 Å². The topological polar surface area (TPSA) is 129 Å². The lowest BCUT2D eigenvalue weighted by molar-refractivity contribution is 0.0592. The van der Waals surface area contributed by atoms with Crippen LogP contribution in [0, 0.1) is 11.6 Å². The highest BCUT2D eigenvalue weighted by molar-refractivity contribution is 6.01. The van der Waals surface area contributed by atoms with Crippen LogP contribution >= 0.6 is 0 Å². The van der Waals surface area contributed by atoms with E-state index in [-0.39, 0.29) is 40.0 Å². The number of halogens is 2. The molecule has 43 heavy (non-hydrogen) atoms. The maximum atomic E-state index is 14.1. The van der Waals surface area contributed by atoms with Crippen molar-refractivity contribution in [1.29, 1.82) is 0 Å². The minimum Gasteiger partial charge on any atom is -0.497 e. The van der Waals surface area contributed by atoms with Crippen molar-refractivity contribution in [2.75, 3.05) is 28.4 Å². The van der Waals surface area contributed by atoms with E-state index >= 15 is 0 Å². The monoisotopic (exact) mass is 594 g/mol. The Bertz CT molecular complexity index is 1650. The van der Waals surface area contributed by atoms with E-state index in [1.165, 1.54) is 83.0 Å². The van der Waals surface area contributed by atoms with Gasteiger partial charge in [-0.15, -0.1) is 0 Å². The fourth-order valence-electron chi connectivity index (χ4n) is 4.07. The van der Waals surface area contributed by atoms with Crippen LogP contribution in [0.1, 0.15) is 36.6 Å². The molecule has 0 aromatic heterocycles. The summed E-state index contributed by atoms with van der Waals surface area (Å²) in [4.78, 5) is 34.8. The second-order valence-electron chi connectivity index (χ2n) is 8.78. The van der Waals surface area contributed by atoms with Crippen LogP contribution in [0.2, 0.25) is 0 Å². The van der Waals surface area contributed by atoms with Crippen LogP contribution < -0.4 is 9.47 Å². The number of methoxy groups -OCH3 is 4. The van der Waals surface area contributed by atoms with Gasteiger partial charge in [-0.3, -0.25) is 0 Å². The van der Waals surface area contributed by atoms with E-state index in [0.29, 0.717) is 22.6 Å². The van der Waals surface area contributed by atoms with Gasteiger partial charge in [-0.1, -0.05) is 18.2 Å². The highest BCUT2D eigenvalue weighted by Crippen LogP contribution is 2.32. The minimum atomic E-state index is -1.19. The molecule has 0 radical (unpaired) electrons. The Balaban J connectivity index is 0.000000236. The van der Waals surface area contributed by atoms with E-state index in [4.69, 9.17) is 24.4 Å². The molecular weight excluding hydrogens is 566 g/mol. The average molecular weight is 595 g/mol. The second kappa shape index (κ2) is 14.6. The number of carboxylic acids is 1. The molecule has 0 aliphatic heterocycles. The van der Waals surface area contributed by atoms with Gasteiger partial charge in [0.05, 0.1) is 51.7 Å². The number of carbonyl (C=O) groups is 3. The first-order chi connectivity index (χ1) is 20.6. The Morgan fingerprint density at radius 3 is 1.51 bits per heavy atom.